The van der Waals surface area contributed by atoms with Crippen LogP contribution in [0.15, 0.2) is 35.3 Å². The van der Waals surface area contributed by atoms with Gasteiger partial charge in [-0.25, -0.2) is 0 Å². The quantitative estimate of drug-likeness (QED) is 0.768. The number of rotatable bonds is 5. The summed E-state index contributed by atoms with van der Waals surface area (Å²) in [6.45, 7) is 7.71. The molecule has 84 valence electrons. The smallest absolute Gasteiger partial charge is 0.0992 e. The molecule has 0 radical (unpaired) electrons. The van der Waals surface area contributed by atoms with E-state index in [1.165, 1.54) is 0 Å². The number of nitriles is 1. The molecule has 16 heavy (non-hydrogen) atoms. The van der Waals surface area contributed by atoms with Gasteiger partial charge in [-0.3, -0.25) is 0 Å². The lowest BCUT2D eigenvalue weighted by Gasteiger charge is -2.24. The van der Waals surface area contributed by atoms with Crippen molar-refractivity contribution < 1.29 is 0 Å². The zero-order valence-corrected chi connectivity index (χ0v) is 11.0. The molecule has 0 saturated carbocycles. The van der Waals surface area contributed by atoms with Gasteiger partial charge in [0.2, 0.25) is 0 Å². The Morgan fingerprint density at radius 3 is 2.81 bits per heavy atom. The maximum absolute atomic E-state index is 8.80. The predicted octanol–water partition coefficient (Wildman–Crippen LogP) is 3.72. The molecule has 1 rings (SSSR count). The van der Waals surface area contributed by atoms with Crippen LogP contribution in [0, 0.1) is 11.3 Å². The van der Waals surface area contributed by atoms with Gasteiger partial charge in [0.25, 0.3) is 0 Å². The van der Waals surface area contributed by atoms with Gasteiger partial charge in [0.1, 0.15) is 0 Å². The lowest BCUT2D eigenvalue weighted by molar-refractivity contribution is 0.814. The third kappa shape index (κ3) is 3.11. The summed E-state index contributed by atoms with van der Waals surface area (Å²) in [5, 5.41) is 8.80. The van der Waals surface area contributed by atoms with Gasteiger partial charge >= 0.3 is 0 Å². The Balaban J connectivity index is 3.00. The van der Waals surface area contributed by atoms with Crippen molar-refractivity contribution in [1.82, 2.24) is 0 Å². The largest absolute Gasteiger partial charge is 0.367 e. The molecule has 0 aliphatic carbocycles. The van der Waals surface area contributed by atoms with Gasteiger partial charge in [-0.1, -0.05) is 13.0 Å². The normalized spacial score (nSPS) is 9.56. The Morgan fingerprint density at radius 2 is 2.31 bits per heavy atom. The number of benzene rings is 1. The first-order chi connectivity index (χ1) is 7.72. The summed E-state index contributed by atoms with van der Waals surface area (Å²) >= 11 is 3.50. The Labute approximate surface area is 105 Å². The minimum Gasteiger partial charge on any atom is -0.367 e. The summed E-state index contributed by atoms with van der Waals surface area (Å²) in [4.78, 5) is 2.23. The van der Waals surface area contributed by atoms with E-state index >= 15 is 0 Å². The fraction of sp³-hybridized carbons (Fsp3) is 0.308. The molecular weight excluding hydrogens is 264 g/mol. The molecule has 0 fully saturated rings. The van der Waals surface area contributed by atoms with Crippen LogP contribution in [0.2, 0.25) is 0 Å². The summed E-state index contributed by atoms with van der Waals surface area (Å²) in [6.07, 6.45) is 2.97. The number of halogens is 1. The van der Waals surface area contributed by atoms with E-state index in [-0.39, 0.29) is 0 Å². The van der Waals surface area contributed by atoms with Crippen LogP contribution in [-0.4, -0.2) is 13.1 Å². The van der Waals surface area contributed by atoms with Gasteiger partial charge in [0.15, 0.2) is 0 Å². The fourth-order valence-corrected chi connectivity index (χ4v) is 2.20. The van der Waals surface area contributed by atoms with Gasteiger partial charge in [-0.15, -0.1) is 6.58 Å². The summed E-state index contributed by atoms with van der Waals surface area (Å²) in [6, 6.07) is 7.79. The number of nitrogens with zero attached hydrogens (tertiary/aromatic N) is 2. The first kappa shape index (κ1) is 12.8. The highest BCUT2D eigenvalue weighted by Gasteiger charge is 2.08. The van der Waals surface area contributed by atoms with Crippen molar-refractivity contribution in [1.29, 1.82) is 5.26 Å². The van der Waals surface area contributed by atoms with Gasteiger partial charge in [-0.05, 0) is 40.5 Å². The maximum Gasteiger partial charge on any atom is 0.0992 e. The molecule has 0 bridgehead atoms. The van der Waals surface area contributed by atoms with Crippen LogP contribution in [0.5, 0.6) is 0 Å². The average molecular weight is 279 g/mol. The Hall–Kier alpha value is -1.27. The zero-order valence-electron chi connectivity index (χ0n) is 9.41. The number of hydrogen-bond donors (Lipinski definition) is 0. The standard InChI is InChI=1S/C13H15BrN2/c1-3-7-16(8-4-2)13-6-5-11(10-15)9-12(13)14/h3,5-6,9H,1,4,7-8H2,2H3. The SMILES string of the molecule is C=CCN(CCC)c1ccc(C#N)cc1Br. The van der Waals surface area contributed by atoms with Gasteiger partial charge in [0, 0.05) is 17.6 Å². The molecule has 0 unspecified atom stereocenters. The van der Waals surface area contributed by atoms with Crippen LogP contribution >= 0.6 is 15.9 Å². The molecule has 0 spiro atoms. The second-order valence-corrected chi connectivity index (χ2v) is 4.37. The van der Waals surface area contributed by atoms with E-state index in [9.17, 15) is 0 Å². The van der Waals surface area contributed by atoms with Crippen molar-refractivity contribution in [3.05, 3.63) is 40.9 Å². The molecule has 0 saturated heterocycles. The molecule has 0 aliphatic heterocycles. The van der Waals surface area contributed by atoms with E-state index in [1.807, 2.05) is 24.3 Å². The van der Waals surface area contributed by atoms with Crippen molar-refractivity contribution >= 4 is 21.6 Å². The zero-order chi connectivity index (χ0) is 12.0. The number of hydrogen-bond acceptors (Lipinski definition) is 2. The fourth-order valence-electron chi connectivity index (χ4n) is 1.57. The van der Waals surface area contributed by atoms with E-state index in [2.05, 4.69) is 40.4 Å². The van der Waals surface area contributed by atoms with Crippen LogP contribution in [-0.2, 0) is 0 Å². The van der Waals surface area contributed by atoms with Gasteiger partial charge in [0.05, 0.1) is 17.3 Å². The highest BCUT2D eigenvalue weighted by Crippen LogP contribution is 2.27. The first-order valence-corrected chi connectivity index (χ1v) is 6.07. The van der Waals surface area contributed by atoms with E-state index in [0.29, 0.717) is 5.56 Å². The average Bonchev–Trinajstić information content (AvgIpc) is 2.29. The monoisotopic (exact) mass is 278 g/mol. The Kier molecular flexibility index (Phi) is 5.07. The molecule has 0 heterocycles. The third-order valence-electron chi connectivity index (χ3n) is 2.26. The molecule has 0 atom stereocenters. The number of anilines is 1. The van der Waals surface area contributed by atoms with E-state index < -0.39 is 0 Å². The highest BCUT2D eigenvalue weighted by atomic mass is 79.9. The third-order valence-corrected chi connectivity index (χ3v) is 2.90. The second-order valence-electron chi connectivity index (χ2n) is 3.51. The van der Waals surface area contributed by atoms with Crippen LogP contribution in [0.25, 0.3) is 0 Å². The van der Waals surface area contributed by atoms with Crippen LogP contribution < -0.4 is 4.90 Å². The van der Waals surface area contributed by atoms with Crippen LogP contribution in [0.3, 0.4) is 0 Å². The Bertz CT molecular complexity index is 407. The Morgan fingerprint density at radius 1 is 1.56 bits per heavy atom. The van der Waals surface area contributed by atoms with Crippen molar-refractivity contribution in [2.24, 2.45) is 0 Å². The molecule has 0 N–H and O–H groups in total. The molecule has 0 amide bonds. The maximum atomic E-state index is 8.80. The highest BCUT2D eigenvalue weighted by molar-refractivity contribution is 9.10. The van der Waals surface area contributed by atoms with Crippen molar-refractivity contribution in [3.8, 4) is 6.07 Å². The minimum absolute atomic E-state index is 0.672. The minimum atomic E-state index is 0.672. The van der Waals surface area contributed by atoms with Crippen LogP contribution in [0.4, 0.5) is 5.69 Å². The summed E-state index contributed by atoms with van der Waals surface area (Å²) in [5.41, 5.74) is 1.78. The van der Waals surface area contributed by atoms with Crippen molar-refractivity contribution in [2.75, 3.05) is 18.0 Å². The molecule has 3 heteroatoms. The molecule has 1 aromatic carbocycles. The lowest BCUT2D eigenvalue weighted by atomic mass is 10.2. The topological polar surface area (TPSA) is 27.0 Å². The summed E-state index contributed by atoms with van der Waals surface area (Å²) < 4.78 is 0.960. The molecule has 2 nitrogen and oxygen atoms in total. The van der Waals surface area contributed by atoms with E-state index in [0.717, 1.165) is 29.7 Å². The van der Waals surface area contributed by atoms with Gasteiger partial charge in [-0.2, -0.15) is 5.26 Å². The van der Waals surface area contributed by atoms with E-state index in [1.54, 1.807) is 0 Å². The molecular formula is C13H15BrN2. The summed E-state index contributed by atoms with van der Waals surface area (Å²) in [5.74, 6) is 0. The molecule has 0 aliphatic rings. The van der Waals surface area contributed by atoms with Gasteiger partial charge < -0.3 is 4.90 Å². The molecule has 1 aromatic rings. The van der Waals surface area contributed by atoms with E-state index in [4.69, 9.17) is 5.26 Å². The lowest BCUT2D eigenvalue weighted by Crippen LogP contribution is -2.24. The predicted molar refractivity (Wildman–Crippen MR) is 71.6 cm³/mol. The van der Waals surface area contributed by atoms with Crippen molar-refractivity contribution in [2.45, 2.75) is 13.3 Å². The second kappa shape index (κ2) is 6.34. The van der Waals surface area contributed by atoms with Crippen molar-refractivity contribution in [3.63, 3.8) is 0 Å². The van der Waals surface area contributed by atoms with Crippen LogP contribution in [0.1, 0.15) is 18.9 Å². The summed E-state index contributed by atoms with van der Waals surface area (Å²) in [7, 11) is 0. The molecule has 0 aromatic heterocycles. The first-order valence-electron chi connectivity index (χ1n) is 5.28.